The third-order valence-electron chi connectivity index (χ3n) is 5.33. The number of hydrogen-bond donors (Lipinski definition) is 3. The highest BCUT2D eigenvalue weighted by Gasteiger charge is 2.33. The summed E-state index contributed by atoms with van der Waals surface area (Å²) in [6, 6.07) is 19.2. The van der Waals surface area contributed by atoms with E-state index >= 15 is 0 Å². The Labute approximate surface area is 211 Å². The normalized spacial score (nSPS) is 16.6. The molecule has 1 aliphatic rings. The second kappa shape index (κ2) is 10.7. The van der Waals surface area contributed by atoms with Crippen LogP contribution in [-0.4, -0.2) is 24.5 Å². The molecule has 0 saturated heterocycles. The number of anilines is 1. The lowest BCUT2D eigenvalue weighted by atomic mass is 9.90. The Hall–Kier alpha value is -3.01. The number of carbonyl (C=O) groups excluding carboxylic acids is 1. The van der Waals surface area contributed by atoms with Gasteiger partial charge in [-0.25, -0.2) is 0 Å². The van der Waals surface area contributed by atoms with E-state index in [9.17, 15) is 4.79 Å². The summed E-state index contributed by atoms with van der Waals surface area (Å²) in [7, 11) is 1.76. The van der Waals surface area contributed by atoms with E-state index in [0.29, 0.717) is 12.2 Å². The molecule has 1 atom stereocenters. The molecule has 0 aliphatic carbocycles. The number of halogens is 1. The number of benzene rings is 2. The van der Waals surface area contributed by atoms with Crippen molar-refractivity contribution in [1.29, 1.82) is 0 Å². The minimum Gasteiger partial charge on any atom is -0.487 e. The van der Waals surface area contributed by atoms with E-state index in [4.69, 9.17) is 9.15 Å². The van der Waals surface area contributed by atoms with E-state index < -0.39 is 0 Å². The number of para-hydroxylation sites is 1. The number of nitrogens with zero attached hydrogens (tertiary/aromatic N) is 1. The third kappa shape index (κ3) is 6.28. The molecule has 3 aromatic rings. The zero-order valence-corrected chi connectivity index (χ0v) is 21.3. The van der Waals surface area contributed by atoms with Crippen molar-refractivity contribution in [3.05, 3.63) is 83.8 Å². The van der Waals surface area contributed by atoms with Gasteiger partial charge in [-0.1, -0.05) is 30.3 Å². The van der Waals surface area contributed by atoms with Crippen molar-refractivity contribution in [2.45, 2.75) is 38.5 Å². The first-order valence-corrected chi connectivity index (χ1v) is 10.6. The largest absolute Gasteiger partial charge is 0.487 e. The van der Waals surface area contributed by atoms with E-state index in [1.54, 1.807) is 19.2 Å². The van der Waals surface area contributed by atoms with Gasteiger partial charge < -0.3 is 25.1 Å². The van der Waals surface area contributed by atoms with Gasteiger partial charge in [0.05, 0.1) is 12.3 Å². The fourth-order valence-corrected chi connectivity index (χ4v) is 3.78. The van der Waals surface area contributed by atoms with Crippen LogP contribution in [0.2, 0.25) is 0 Å². The maximum absolute atomic E-state index is 12.1. The number of amides is 1. The van der Waals surface area contributed by atoms with Crippen molar-refractivity contribution >= 4 is 41.5 Å². The fourth-order valence-electron chi connectivity index (χ4n) is 3.78. The molecule has 0 fully saturated rings. The summed E-state index contributed by atoms with van der Waals surface area (Å²) >= 11 is 0. The monoisotopic (exact) mass is 560 g/mol. The van der Waals surface area contributed by atoms with E-state index in [2.05, 4.69) is 40.9 Å². The summed E-state index contributed by atoms with van der Waals surface area (Å²) in [6.07, 6.45) is 2.30. The van der Waals surface area contributed by atoms with Crippen molar-refractivity contribution < 1.29 is 13.9 Å². The number of rotatable bonds is 5. The van der Waals surface area contributed by atoms with Gasteiger partial charge in [0, 0.05) is 31.3 Å². The van der Waals surface area contributed by atoms with Crippen LogP contribution in [0.5, 0.6) is 5.75 Å². The Bertz CT molecular complexity index is 1100. The zero-order valence-electron chi connectivity index (χ0n) is 18.9. The van der Waals surface area contributed by atoms with Gasteiger partial charge in [-0.15, -0.1) is 24.0 Å². The van der Waals surface area contributed by atoms with Crippen LogP contribution in [0.15, 0.2) is 76.3 Å². The van der Waals surface area contributed by atoms with E-state index in [0.717, 1.165) is 29.3 Å². The highest BCUT2D eigenvalue weighted by Crippen LogP contribution is 2.39. The van der Waals surface area contributed by atoms with Gasteiger partial charge in [0.25, 0.3) is 5.91 Å². The van der Waals surface area contributed by atoms with Crippen LogP contribution in [0, 0.1) is 0 Å². The number of guanidine groups is 1. The third-order valence-corrected chi connectivity index (χ3v) is 5.33. The molecule has 7 nitrogen and oxygen atoms in total. The first-order chi connectivity index (χ1) is 15.4. The summed E-state index contributed by atoms with van der Waals surface area (Å²) < 4.78 is 11.2. The summed E-state index contributed by atoms with van der Waals surface area (Å²) in [5.41, 5.74) is 2.64. The minimum absolute atomic E-state index is 0. The van der Waals surface area contributed by atoms with Gasteiger partial charge in [0.2, 0.25) is 0 Å². The Morgan fingerprint density at radius 3 is 2.55 bits per heavy atom. The van der Waals surface area contributed by atoms with Crippen molar-refractivity contribution in [3.63, 3.8) is 0 Å². The number of ether oxygens (including phenoxy) is 1. The first-order valence-electron chi connectivity index (χ1n) is 10.6. The molecule has 0 radical (unpaired) electrons. The first kappa shape index (κ1) is 24.6. The van der Waals surface area contributed by atoms with Gasteiger partial charge >= 0.3 is 0 Å². The van der Waals surface area contributed by atoms with Gasteiger partial charge in [-0.2, -0.15) is 0 Å². The number of aliphatic imine (C=N–C) groups is 1. The molecule has 1 unspecified atom stereocenters. The van der Waals surface area contributed by atoms with Gasteiger partial charge in [-0.05, 0) is 49.7 Å². The van der Waals surface area contributed by atoms with Crippen LogP contribution in [0.1, 0.15) is 48.0 Å². The Morgan fingerprint density at radius 1 is 1.09 bits per heavy atom. The maximum Gasteiger partial charge on any atom is 0.291 e. The fraction of sp³-hybridized carbons (Fsp3) is 0.280. The van der Waals surface area contributed by atoms with E-state index in [-0.39, 0.29) is 47.3 Å². The van der Waals surface area contributed by atoms with Gasteiger partial charge in [-0.3, -0.25) is 9.79 Å². The van der Waals surface area contributed by atoms with Crippen LogP contribution in [0.3, 0.4) is 0 Å². The topological polar surface area (TPSA) is 87.9 Å². The lowest BCUT2D eigenvalue weighted by Gasteiger charge is -2.38. The number of carbonyl (C=O) groups is 1. The average molecular weight is 560 g/mol. The lowest BCUT2D eigenvalue weighted by Crippen LogP contribution is -2.45. The van der Waals surface area contributed by atoms with Crippen molar-refractivity contribution in [2.24, 2.45) is 4.99 Å². The molecule has 1 aliphatic heterocycles. The van der Waals surface area contributed by atoms with Crippen molar-refractivity contribution in [1.82, 2.24) is 10.6 Å². The summed E-state index contributed by atoms with van der Waals surface area (Å²) in [5.74, 6) is 1.63. The van der Waals surface area contributed by atoms with Crippen molar-refractivity contribution in [2.75, 3.05) is 12.4 Å². The lowest BCUT2D eigenvalue weighted by molar-refractivity contribution is 0.0694. The maximum atomic E-state index is 12.1. The smallest absolute Gasteiger partial charge is 0.291 e. The van der Waals surface area contributed by atoms with E-state index in [1.165, 1.54) is 6.26 Å². The molecule has 3 N–H and O–H groups in total. The molecular formula is C25H29IN4O3. The number of hydrogen-bond acceptors (Lipinski definition) is 4. The number of nitrogens with one attached hydrogen (secondary N) is 3. The molecule has 174 valence electrons. The molecule has 1 amide bonds. The predicted octanol–water partition coefficient (Wildman–Crippen LogP) is 5.12. The molecule has 8 heteroatoms. The molecular weight excluding hydrogens is 531 g/mol. The van der Waals surface area contributed by atoms with Crippen LogP contribution >= 0.6 is 24.0 Å². The summed E-state index contributed by atoms with van der Waals surface area (Å²) in [5, 5.41) is 9.72. The van der Waals surface area contributed by atoms with Gasteiger partial charge in [0.15, 0.2) is 11.7 Å². The molecule has 4 rings (SSSR count). The minimum atomic E-state index is -0.273. The van der Waals surface area contributed by atoms with E-state index in [1.807, 2.05) is 42.5 Å². The molecule has 0 bridgehead atoms. The highest BCUT2D eigenvalue weighted by atomic mass is 127. The zero-order chi connectivity index (χ0) is 22.6. The van der Waals surface area contributed by atoms with Gasteiger partial charge in [0.1, 0.15) is 11.4 Å². The molecule has 33 heavy (non-hydrogen) atoms. The highest BCUT2D eigenvalue weighted by molar-refractivity contribution is 14.0. The molecule has 0 spiro atoms. The van der Waals surface area contributed by atoms with Crippen LogP contribution in [0.25, 0.3) is 0 Å². The molecule has 0 saturated carbocycles. The van der Waals surface area contributed by atoms with Crippen LogP contribution < -0.4 is 20.7 Å². The summed E-state index contributed by atoms with van der Waals surface area (Å²) in [6.45, 7) is 4.79. The van der Waals surface area contributed by atoms with Crippen LogP contribution in [-0.2, 0) is 6.54 Å². The SMILES string of the molecule is CN=C(NCc1ccc(NC(=O)c2ccco2)cc1)NC1CC(C)(C)Oc2ccccc21.I. The quantitative estimate of drug-likeness (QED) is 0.229. The average Bonchev–Trinajstić information content (AvgIpc) is 3.32. The number of furan rings is 1. The standard InChI is InChI=1S/C25H28N4O3.HI/c1-25(2)15-20(19-7-4-5-8-21(19)32-25)29-24(26-3)27-16-17-10-12-18(13-11-17)28-23(30)22-9-6-14-31-22;/h4-14,20H,15-16H2,1-3H3,(H,28,30)(H2,26,27,29);1H. The Balaban J connectivity index is 0.00000306. The Morgan fingerprint density at radius 2 is 1.85 bits per heavy atom. The summed E-state index contributed by atoms with van der Waals surface area (Å²) in [4.78, 5) is 16.5. The second-order valence-electron chi connectivity index (χ2n) is 8.35. The number of fused-ring (bicyclic) bond motifs is 1. The molecule has 2 aromatic carbocycles. The van der Waals surface area contributed by atoms with Crippen LogP contribution in [0.4, 0.5) is 5.69 Å². The molecule has 1 aromatic heterocycles. The Kier molecular flexibility index (Phi) is 8.01. The molecule has 2 heterocycles. The second-order valence-corrected chi connectivity index (χ2v) is 8.35. The predicted molar refractivity (Wildman–Crippen MR) is 140 cm³/mol. The van der Waals surface area contributed by atoms with Crippen molar-refractivity contribution in [3.8, 4) is 5.75 Å².